The number of hydrogen-bond acceptors (Lipinski definition) is 4. The van der Waals surface area contributed by atoms with Crippen LogP contribution in [0, 0.1) is 0 Å². The molecule has 1 aromatic rings. The van der Waals surface area contributed by atoms with Gasteiger partial charge in [0.15, 0.2) is 0 Å². The zero-order valence-electron chi connectivity index (χ0n) is 11.5. The molecule has 0 bridgehead atoms. The Hall–Kier alpha value is 0.01000. The Morgan fingerprint density at radius 3 is 2.60 bits per heavy atom. The standard InChI is InChI=1S/C12H19BrN2O3S2/c1-9-7-15(8-10(2)18-9)20(16,17)14-6-5-11-3-4-12(13)19-11/h3-4,9-10,14H,5-8H2,1-2H3/t9-,10-/m1/s1. The minimum atomic E-state index is -3.42. The summed E-state index contributed by atoms with van der Waals surface area (Å²) in [6.45, 7) is 5.01. The van der Waals surface area contributed by atoms with Crippen molar-refractivity contribution in [3.63, 3.8) is 0 Å². The Morgan fingerprint density at radius 2 is 2.05 bits per heavy atom. The number of hydrogen-bond donors (Lipinski definition) is 1. The average molecular weight is 383 g/mol. The molecule has 0 saturated carbocycles. The van der Waals surface area contributed by atoms with Gasteiger partial charge in [0.1, 0.15) is 0 Å². The lowest BCUT2D eigenvalue weighted by Gasteiger charge is -2.34. The highest BCUT2D eigenvalue weighted by atomic mass is 79.9. The van der Waals surface area contributed by atoms with Gasteiger partial charge in [0.2, 0.25) is 0 Å². The van der Waals surface area contributed by atoms with Crippen LogP contribution in [0.3, 0.4) is 0 Å². The minimum Gasteiger partial charge on any atom is -0.373 e. The van der Waals surface area contributed by atoms with E-state index in [1.54, 1.807) is 11.3 Å². The van der Waals surface area contributed by atoms with Crippen molar-refractivity contribution in [1.82, 2.24) is 9.03 Å². The van der Waals surface area contributed by atoms with Gasteiger partial charge in [-0.1, -0.05) is 0 Å². The van der Waals surface area contributed by atoms with Crippen LogP contribution in [0.4, 0.5) is 0 Å². The summed E-state index contributed by atoms with van der Waals surface area (Å²) in [5, 5.41) is 0. The Bertz CT molecular complexity index is 537. The molecule has 1 aliphatic rings. The second-order valence-corrected chi connectivity index (χ2v) is 9.23. The molecular formula is C12H19BrN2O3S2. The molecular weight excluding hydrogens is 364 g/mol. The predicted molar refractivity (Wildman–Crippen MR) is 84.2 cm³/mol. The van der Waals surface area contributed by atoms with Gasteiger partial charge in [0, 0.05) is 24.5 Å². The second kappa shape index (κ2) is 6.85. The number of rotatable bonds is 5. The molecule has 1 aliphatic heterocycles. The van der Waals surface area contributed by atoms with E-state index >= 15 is 0 Å². The Morgan fingerprint density at radius 1 is 1.40 bits per heavy atom. The van der Waals surface area contributed by atoms with E-state index in [9.17, 15) is 8.42 Å². The molecule has 2 rings (SSSR count). The summed E-state index contributed by atoms with van der Waals surface area (Å²) in [6.07, 6.45) is 0.567. The molecule has 20 heavy (non-hydrogen) atoms. The van der Waals surface area contributed by atoms with Crippen LogP contribution in [0.2, 0.25) is 0 Å². The van der Waals surface area contributed by atoms with E-state index in [4.69, 9.17) is 4.74 Å². The highest BCUT2D eigenvalue weighted by Gasteiger charge is 2.30. The Kier molecular flexibility index (Phi) is 5.61. The molecule has 5 nitrogen and oxygen atoms in total. The van der Waals surface area contributed by atoms with E-state index in [0.717, 1.165) is 8.66 Å². The number of nitrogens with zero attached hydrogens (tertiary/aromatic N) is 1. The topological polar surface area (TPSA) is 58.6 Å². The molecule has 2 heterocycles. The predicted octanol–water partition coefficient (Wildman–Crippen LogP) is 2.00. The van der Waals surface area contributed by atoms with Gasteiger partial charge in [-0.05, 0) is 48.3 Å². The first-order valence-corrected chi connectivity index (χ1v) is 9.56. The molecule has 1 aromatic heterocycles. The maximum Gasteiger partial charge on any atom is 0.279 e. The summed E-state index contributed by atoms with van der Waals surface area (Å²) in [5.41, 5.74) is 0. The number of morpholine rings is 1. The van der Waals surface area contributed by atoms with Crippen molar-refractivity contribution >= 4 is 37.5 Å². The Labute approximate surface area is 132 Å². The smallest absolute Gasteiger partial charge is 0.279 e. The molecule has 0 aliphatic carbocycles. The fourth-order valence-electron chi connectivity index (χ4n) is 2.21. The zero-order valence-corrected chi connectivity index (χ0v) is 14.7. The van der Waals surface area contributed by atoms with Gasteiger partial charge in [-0.15, -0.1) is 11.3 Å². The Balaban J connectivity index is 1.87. The fraction of sp³-hybridized carbons (Fsp3) is 0.667. The molecule has 0 amide bonds. The van der Waals surface area contributed by atoms with E-state index < -0.39 is 10.2 Å². The largest absolute Gasteiger partial charge is 0.373 e. The number of nitrogens with one attached hydrogen (secondary N) is 1. The molecule has 1 N–H and O–H groups in total. The van der Waals surface area contributed by atoms with Crippen LogP contribution in [0.25, 0.3) is 0 Å². The van der Waals surface area contributed by atoms with Crippen LogP contribution in [0.15, 0.2) is 15.9 Å². The molecule has 0 unspecified atom stereocenters. The number of halogens is 1. The lowest BCUT2D eigenvalue weighted by molar-refractivity contribution is -0.0443. The lowest BCUT2D eigenvalue weighted by atomic mass is 10.3. The summed E-state index contributed by atoms with van der Waals surface area (Å²) in [6, 6.07) is 3.97. The average Bonchev–Trinajstić information content (AvgIpc) is 2.73. The van der Waals surface area contributed by atoms with Gasteiger partial charge in [-0.25, -0.2) is 4.72 Å². The van der Waals surface area contributed by atoms with Gasteiger partial charge >= 0.3 is 0 Å². The first kappa shape index (κ1) is 16.4. The quantitative estimate of drug-likeness (QED) is 0.846. The third kappa shape index (κ3) is 4.51. The van der Waals surface area contributed by atoms with Crippen LogP contribution >= 0.6 is 27.3 Å². The van der Waals surface area contributed by atoms with Gasteiger partial charge < -0.3 is 4.74 Å². The monoisotopic (exact) mass is 382 g/mol. The summed E-state index contributed by atoms with van der Waals surface area (Å²) in [5.74, 6) is 0. The summed E-state index contributed by atoms with van der Waals surface area (Å²) in [7, 11) is -3.42. The highest BCUT2D eigenvalue weighted by molar-refractivity contribution is 9.11. The van der Waals surface area contributed by atoms with Crippen LogP contribution in [-0.4, -0.2) is 44.6 Å². The maximum atomic E-state index is 12.2. The molecule has 1 fully saturated rings. The van der Waals surface area contributed by atoms with Crippen LogP contribution in [0.1, 0.15) is 18.7 Å². The molecule has 0 spiro atoms. The van der Waals surface area contributed by atoms with Gasteiger partial charge in [0.25, 0.3) is 10.2 Å². The molecule has 114 valence electrons. The van der Waals surface area contributed by atoms with E-state index in [1.807, 2.05) is 26.0 Å². The minimum absolute atomic E-state index is 0.0661. The second-order valence-electron chi connectivity index (χ2n) is 4.93. The van der Waals surface area contributed by atoms with E-state index in [0.29, 0.717) is 26.1 Å². The first-order valence-electron chi connectivity index (χ1n) is 6.51. The molecule has 0 radical (unpaired) electrons. The SMILES string of the molecule is C[C@@H]1CN(S(=O)(=O)NCCc2ccc(Br)s2)C[C@@H](C)O1. The van der Waals surface area contributed by atoms with Gasteiger partial charge in [-0.3, -0.25) is 0 Å². The summed E-state index contributed by atoms with van der Waals surface area (Å²) < 4.78 is 35.2. The fourth-order valence-corrected chi connectivity index (χ4v) is 5.05. The molecule has 2 atom stereocenters. The molecule has 0 aromatic carbocycles. The van der Waals surface area contributed by atoms with E-state index in [-0.39, 0.29) is 12.2 Å². The van der Waals surface area contributed by atoms with Crippen molar-refractivity contribution < 1.29 is 13.2 Å². The van der Waals surface area contributed by atoms with Crippen molar-refractivity contribution in [2.24, 2.45) is 0 Å². The van der Waals surface area contributed by atoms with E-state index in [2.05, 4.69) is 20.7 Å². The third-order valence-corrected chi connectivity index (χ3v) is 6.24. The van der Waals surface area contributed by atoms with Crippen molar-refractivity contribution in [1.29, 1.82) is 0 Å². The summed E-state index contributed by atoms with van der Waals surface area (Å²) in [4.78, 5) is 1.16. The number of ether oxygens (including phenoxy) is 1. The first-order chi connectivity index (χ1) is 9.37. The van der Waals surface area contributed by atoms with Gasteiger partial charge in [-0.2, -0.15) is 12.7 Å². The van der Waals surface area contributed by atoms with Gasteiger partial charge in [0.05, 0.1) is 16.0 Å². The lowest BCUT2D eigenvalue weighted by Crippen LogP contribution is -2.52. The van der Waals surface area contributed by atoms with Crippen molar-refractivity contribution in [2.45, 2.75) is 32.5 Å². The molecule has 1 saturated heterocycles. The maximum absolute atomic E-state index is 12.2. The van der Waals surface area contributed by atoms with E-state index in [1.165, 1.54) is 4.31 Å². The third-order valence-electron chi connectivity index (χ3n) is 3.01. The number of thiophene rings is 1. The van der Waals surface area contributed by atoms with Crippen molar-refractivity contribution in [3.05, 3.63) is 20.8 Å². The van der Waals surface area contributed by atoms with Crippen LogP contribution in [0.5, 0.6) is 0 Å². The highest BCUT2D eigenvalue weighted by Crippen LogP contribution is 2.22. The zero-order chi connectivity index (χ0) is 14.8. The normalized spacial score (nSPS) is 24.9. The van der Waals surface area contributed by atoms with Crippen LogP contribution in [-0.2, 0) is 21.4 Å². The van der Waals surface area contributed by atoms with Crippen LogP contribution < -0.4 is 4.72 Å². The van der Waals surface area contributed by atoms with Crippen molar-refractivity contribution in [3.8, 4) is 0 Å². The summed E-state index contributed by atoms with van der Waals surface area (Å²) >= 11 is 5.02. The molecule has 8 heteroatoms. The van der Waals surface area contributed by atoms with Crippen molar-refractivity contribution in [2.75, 3.05) is 19.6 Å².